The van der Waals surface area contributed by atoms with Gasteiger partial charge in [-0.15, -0.1) is 0 Å². The molecule has 1 aliphatic heterocycles. The lowest BCUT2D eigenvalue weighted by molar-refractivity contribution is -0.383. The Labute approximate surface area is 108 Å². The Balaban J connectivity index is 2.27. The first-order chi connectivity index (χ1) is 9.18. The number of cyclic esters (lactones) is 1. The Bertz CT molecular complexity index is 680. The monoisotopic (exact) mass is 257 g/mol. The first-order valence-corrected chi connectivity index (χ1v) is 6.01. The zero-order valence-corrected chi connectivity index (χ0v) is 10.0. The molecule has 1 atom stereocenters. The van der Waals surface area contributed by atoms with Crippen LogP contribution in [0.5, 0.6) is 0 Å². The van der Waals surface area contributed by atoms with Crippen molar-refractivity contribution in [3.8, 4) is 0 Å². The molecule has 0 aromatic heterocycles. The number of carbonyl (C=O) groups is 1. The average molecular weight is 257 g/mol. The van der Waals surface area contributed by atoms with E-state index in [0.29, 0.717) is 24.0 Å². The van der Waals surface area contributed by atoms with Crippen molar-refractivity contribution in [3.05, 3.63) is 52.1 Å². The zero-order valence-electron chi connectivity index (χ0n) is 10.0. The number of carbonyl (C=O) groups excluding carboxylic acids is 1. The molecule has 1 fully saturated rings. The fourth-order valence-corrected chi connectivity index (χ4v) is 2.54. The van der Waals surface area contributed by atoms with Crippen LogP contribution in [0.1, 0.15) is 17.9 Å². The van der Waals surface area contributed by atoms with Crippen LogP contribution in [-0.4, -0.2) is 17.5 Å². The second-order valence-electron chi connectivity index (χ2n) is 4.49. The van der Waals surface area contributed by atoms with E-state index in [0.717, 1.165) is 5.39 Å². The lowest BCUT2D eigenvalue weighted by Crippen LogP contribution is -2.08. The van der Waals surface area contributed by atoms with Crippen molar-refractivity contribution in [1.29, 1.82) is 0 Å². The highest BCUT2D eigenvalue weighted by Crippen LogP contribution is 2.37. The second kappa shape index (κ2) is 4.35. The molecule has 1 heterocycles. The summed E-state index contributed by atoms with van der Waals surface area (Å²) in [7, 11) is 0. The number of esters is 1. The van der Waals surface area contributed by atoms with Gasteiger partial charge in [-0.2, -0.15) is 0 Å². The van der Waals surface area contributed by atoms with Crippen molar-refractivity contribution in [2.24, 2.45) is 0 Å². The number of nitro groups is 1. The maximum Gasteiger partial charge on any atom is 0.313 e. The SMILES string of the molecule is O=C1OCCC1c1ccc2ccccc2c1[N+](=O)[O-]. The van der Waals surface area contributed by atoms with Crippen molar-refractivity contribution in [2.75, 3.05) is 6.61 Å². The van der Waals surface area contributed by atoms with Crippen LogP contribution in [0, 0.1) is 10.1 Å². The van der Waals surface area contributed by atoms with Crippen LogP contribution >= 0.6 is 0 Å². The molecule has 0 N–H and O–H groups in total. The Morgan fingerprint density at radius 2 is 2.00 bits per heavy atom. The number of benzene rings is 2. The lowest BCUT2D eigenvalue weighted by atomic mass is 9.93. The maximum absolute atomic E-state index is 11.6. The predicted octanol–water partition coefficient (Wildman–Crippen LogP) is 2.78. The number of fused-ring (bicyclic) bond motifs is 1. The second-order valence-corrected chi connectivity index (χ2v) is 4.49. The topological polar surface area (TPSA) is 69.4 Å². The molecule has 0 spiro atoms. The number of ether oxygens (including phenoxy) is 1. The van der Waals surface area contributed by atoms with Crippen LogP contribution in [-0.2, 0) is 9.53 Å². The van der Waals surface area contributed by atoms with E-state index in [1.54, 1.807) is 18.2 Å². The first kappa shape index (κ1) is 11.6. The minimum Gasteiger partial charge on any atom is -0.465 e. The molecule has 96 valence electrons. The van der Waals surface area contributed by atoms with Crippen LogP contribution in [0.2, 0.25) is 0 Å². The largest absolute Gasteiger partial charge is 0.465 e. The third-order valence-electron chi connectivity index (χ3n) is 3.43. The molecule has 0 saturated carbocycles. The fraction of sp³-hybridized carbons (Fsp3) is 0.214. The molecule has 1 unspecified atom stereocenters. The third-order valence-corrected chi connectivity index (χ3v) is 3.43. The molecule has 19 heavy (non-hydrogen) atoms. The van der Waals surface area contributed by atoms with Gasteiger partial charge in [0.25, 0.3) is 5.69 Å². The van der Waals surface area contributed by atoms with Crippen molar-refractivity contribution >= 4 is 22.4 Å². The van der Waals surface area contributed by atoms with E-state index in [2.05, 4.69) is 0 Å². The summed E-state index contributed by atoms with van der Waals surface area (Å²) in [5, 5.41) is 12.7. The van der Waals surface area contributed by atoms with Crippen molar-refractivity contribution in [3.63, 3.8) is 0 Å². The Kier molecular flexibility index (Phi) is 2.67. The van der Waals surface area contributed by atoms with Gasteiger partial charge in [-0.05, 0) is 17.9 Å². The maximum atomic E-state index is 11.6. The summed E-state index contributed by atoms with van der Waals surface area (Å²) in [4.78, 5) is 22.6. The molecule has 1 aliphatic rings. The molecule has 2 aromatic rings. The Morgan fingerprint density at radius 1 is 1.21 bits per heavy atom. The van der Waals surface area contributed by atoms with Crippen molar-refractivity contribution < 1.29 is 14.5 Å². The summed E-state index contributed by atoms with van der Waals surface area (Å²) in [5.74, 6) is -0.900. The normalized spacial score (nSPS) is 18.5. The summed E-state index contributed by atoms with van der Waals surface area (Å²) in [5.41, 5.74) is 0.466. The predicted molar refractivity (Wildman–Crippen MR) is 68.9 cm³/mol. The highest BCUT2D eigenvalue weighted by Gasteiger charge is 2.34. The summed E-state index contributed by atoms with van der Waals surface area (Å²) in [6, 6.07) is 10.6. The molecule has 0 radical (unpaired) electrons. The zero-order chi connectivity index (χ0) is 13.4. The van der Waals surface area contributed by atoms with E-state index in [4.69, 9.17) is 4.74 Å². The van der Waals surface area contributed by atoms with E-state index >= 15 is 0 Å². The smallest absolute Gasteiger partial charge is 0.313 e. The molecule has 0 aliphatic carbocycles. The number of hydrogen-bond acceptors (Lipinski definition) is 4. The highest BCUT2D eigenvalue weighted by atomic mass is 16.6. The molecule has 3 rings (SSSR count). The van der Waals surface area contributed by atoms with Gasteiger partial charge in [-0.1, -0.05) is 30.3 Å². The van der Waals surface area contributed by atoms with E-state index < -0.39 is 10.8 Å². The molecule has 1 saturated heterocycles. The van der Waals surface area contributed by atoms with Gasteiger partial charge >= 0.3 is 5.97 Å². The molecule has 5 heteroatoms. The lowest BCUT2D eigenvalue weighted by Gasteiger charge is -2.09. The molecule has 5 nitrogen and oxygen atoms in total. The van der Waals surface area contributed by atoms with Gasteiger partial charge in [0.1, 0.15) is 0 Å². The summed E-state index contributed by atoms with van der Waals surface area (Å²) >= 11 is 0. The van der Waals surface area contributed by atoms with E-state index in [1.165, 1.54) is 0 Å². The number of nitro benzene ring substituents is 1. The standard InChI is InChI=1S/C14H11NO4/c16-14-12(7-8-19-14)11-6-5-9-3-1-2-4-10(9)13(11)15(17)18/h1-6,12H,7-8H2. The summed E-state index contributed by atoms with van der Waals surface area (Å²) < 4.78 is 4.91. The van der Waals surface area contributed by atoms with Gasteiger partial charge in [0.05, 0.1) is 22.8 Å². The van der Waals surface area contributed by atoms with E-state index in [1.807, 2.05) is 18.2 Å². The number of nitrogens with zero attached hydrogens (tertiary/aromatic N) is 1. The molecule has 0 amide bonds. The summed E-state index contributed by atoms with van der Waals surface area (Å²) in [6.07, 6.45) is 0.498. The quantitative estimate of drug-likeness (QED) is 0.471. The van der Waals surface area contributed by atoms with Gasteiger partial charge < -0.3 is 4.74 Å². The van der Waals surface area contributed by atoms with Gasteiger partial charge in [-0.25, -0.2) is 0 Å². The van der Waals surface area contributed by atoms with E-state index in [9.17, 15) is 14.9 Å². The van der Waals surface area contributed by atoms with Crippen LogP contribution < -0.4 is 0 Å². The van der Waals surface area contributed by atoms with Gasteiger partial charge in [0, 0.05) is 5.56 Å². The third kappa shape index (κ3) is 1.83. The van der Waals surface area contributed by atoms with Crippen molar-refractivity contribution in [2.45, 2.75) is 12.3 Å². The minimum atomic E-state index is -0.523. The summed E-state index contributed by atoms with van der Waals surface area (Å²) in [6.45, 7) is 0.327. The highest BCUT2D eigenvalue weighted by molar-refractivity contribution is 5.94. The first-order valence-electron chi connectivity index (χ1n) is 6.01. The van der Waals surface area contributed by atoms with Crippen LogP contribution in [0.3, 0.4) is 0 Å². The minimum absolute atomic E-state index is 0.0157. The van der Waals surface area contributed by atoms with Crippen molar-refractivity contribution in [1.82, 2.24) is 0 Å². The Hall–Kier alpha value is -2.43. The van der Waals surface area contributed by atoms with Gasteiger partial charge in [0.2, 0.25) is 0 Å². The molecular formula is C14H11NO4. The molecule has 0 bridgehead atoms. The number of hydrogen-bond donors (Lipinski definition) is 0. The molecular weight excluding hydrogens is 246 g/mol. The van der Waals surface area contributed by atoms with Crippen LogP contribution in [0.25, 0.3) is 10.8 Å². The molecule has 2 aromatic carbocycles. The average Bonchev–Trinajstić information content (AvgIpc) is 2.83. The number of rotatable bonds is 2. The van der Waals surface area contributed by atoms with Gasteiger partial charge in [0.15, 0.2) is 0 Å². The van der Waals surface area contributed by atoms with Crippen LogP contribution in [0.15, 0.2) is 36.4 Å². The Morgan fingerprint density at radius 3 is 2.68 bits per heavy atom. The fourth-order valence-electron chi connectivity index (χ4n) is 2.54. The van der Waals surface area contributed by atoms with Gasteiger partial charge in [-0.3, -0.25) is 14.9 Å². The van der Waals surface area contributed by atoms with E-state index in [-0.39, 0.29) is 11.7 Å². The van der Waals surface area contributed by atoms with Crippen LogP contribution in [0.4, 0.5) is 5.69 Å².